The minimum absolute atomic E-state index is 0.00458. The maximum atomic E-state index is 13.0. The Hall–Kier alpha value is -2.19. The fraction of sp³-hybridized carbons (Fsp3) is 0.750. The second-order valence-electron chi connectivity index (χ2n) is 8.96. The molecule has 1 aliphatic heterocycles. The topological polar surface area (TPSA) is 110 Å². The maximum absolute atomic E-state index is 13.0. The third-order valence-corrected chi connectivity index (χ3v) is 5.42. The molecule has 164 valence electrons. The standard InChI is InChI=1S/C13H19F2NO3.C7H12N2O/c14-13(15)5-3-9(4-6-13)11(17)16-7-1-2-10(8-16)12(18)19;1-7(2,3)5-4-6(8)9-10-5/h9-10H,1-8H2,(H,18,19);4H,1-3H3,(H2,8,9)/t10-;/m1./s1. The van der Waals surface area contributed by atoms with Crippen molar-refractivity contribution in [2.24, 2.45) is 11.8 Å². The van der Waals surface area contributed by atoms with E-state index in [4.69, 9.17) is 15.4 Å². The van der Waals surface area contributed by atoms with E-state index in [9.17, 15) is 18.4 Å². The molecule has 1 aliphatic carbocycles. The van der Waals surface area contributed by atoms with Crippen molar-refractivity contribution in [3.05, 3.63) is 11.8 Å². The zero-order valence-corrected chi connectivity index (χ0v) is 17.3. The molecule has 0 bridgehead atoms. The van der Waals surface area contributed by atoms with Crippen LogP contribution in [0.25, 0.3) is 0 Å². The SMILES string of the molecule is CC(C)(C)c1cc(N)no1.O=C(O)[C@@H]1CCCN(C(=O)C2CCC(F)(F)CC2)C1. The van der Waals surface area contributed by atoms with Gasteiger partial charge in [0, 0.05) is 43.3 Å². The summed E-state index contributed by atoms with van der Waals surface area (Å²) in [4.78, 5) is 24.7. The van der Waals surface area contributed by atoms with Crippen molar-refractivity contribution in [1.29, 1.82) is 0 Å². The number of nitrogens with two attached hydrogens (primary N) is 1. The minimum atomic E-state index is -2.64. The van der Waals surface area contributed by atoms with Gasteiger partial charge in [0.15, 0.2) is 5.82 Å². The number of hydrogen-bond donors (Lipinski definition) is 2. The normalized spacial score (nSPS) is 22.5. The number of nitrogens with zero attached hydrogens (tertiary/aromatic N) is 2. The average molecular weight is 415 g/mol. The number of amides is 1. The summed E-state index contributed by atoms with van der Waals surface area (Å²) in [5.74, 6) is -3.25. The van der Waals surface area contributed by atoms with Crippen LogP contribution in [0.5, 0.6) is 0 Å². The monoisotopic (exact) mass is 415 g/mol. The molecule has 0 radical (unpaired) electrons. The van der Waals surface area contributed by atoms with E-state index in [1.165, 1.54) is 0 Å². The Morgan fingerprint density at radius 3 is 2.31 bits per heavy atom. The van der Waals surface area contributed by atoms with Crippen LogP contribution in [0.1, 0.15) is 65.1 Å². The number of hydrogen-bond acceptors (Lipinski definition) is 5. The fourth-order valence-electron chi connectivity index (χ4n) is 3.57. The van der Waals surface area contributed by atoms with Gasteiger partial charge in [-0.2, -0.15) is 0 Å². The largest absolute Gasteiger partial charge is 0.481 e. The molecule has 2 fully saturated rings. The number of carboxylic acid groups (broad SMARTS) is 1. The summed E-state index contributed by atoms with van der Waals surface area (Å²) in [5, 5.41) is 12.6. The first-order chi connectivity index (χ1) is 13.4. The smallest absolute Gasteiger partial charge is 0.308 e. The third kappa shape index (κ3) is 6.68. The van der Waals surface area contributed by atoms with E-state index in [0.29, 0.717) is 25.2 Å². The van der Waals surface area contributed by atoms with Crippen LogP contribution in [0.15, 0.2) is 10.6 Å². The Balaban J connectivity index is 0.000000253. The molecule has 2 aliphatic rings. The minimum Gasteiger partial charge on any atom is -0.481 e. The summed E-state index contributed by atoms with van der Waals surface area (Å²) in [6, 6.07) is 1.75. The van der Waals surface area contributed by atoms with Crippen LogP contribution in [0.2, 0.25) is 0 Å². The zero-order chi connectivity index (χ0) is 21.8. The van der Waals surface area contributed by atoms with Crippen molar-refractivity contribution in [3.8, 4) is 0 Å². The van der Waals surface area contributed by atoms with Crippen molar-refractivity contribution in [2.75, 3.05) is 18.8 Å². The lowest BCUT2D eigenvalue weighted by Crippen LogP contribution is -2.46. The molecule has 7 nitrogen and oxygen atoms in total. The van der Waals surface area contributed by atoms with Gasteiger partial charge in [-0.3, -0.25) is 9.59 Å². The lowest BCUT2D eigenvalue weighted by Gasteiger charge is -2.35. The molecule has 3 N–H and O–H groups in total. The highest BCUT2D eigenvalue weighted by Crippen LogP contribution is 2.37. The van der Waals surface area contributed by atoms with Gasteiger partial charge < -0.3 is 20.3 Å². The second-order valence-corrected chi connectivity index (χ2v) is 8.96. The highest BCUT2D eigenvalue weighted by Gasteiger charge is 2.39. The number of carboxylic acids is 1. The number of alkyl halides is 2. The van der Waals surface area contributed by atoms with E-state index in [-0.39, 0.29) is 49.5 Å². The van der Waals surface area contributed by atoms with Crippen molar-refractivity contribution in [3.63, 3.8) is 0 Å². The van der Waals surface area contributed by atoms with Crippen LogP contribution in [-0.4, -0.2) is 46.1 Å². The van der Waals surface area contributed by atoms with Crippen LogP contribution in [0.4, 0.5) is 14.6 Å². The first kappa shape index (κ1) is 23.1. The van der Waals surface area contributed by atoms with Gasteiger partial charge in [-0.1, -0.05) is 25.9 Å². The summed E-state index contributed by atoms with van der Waals surface area (Å²) in [6.45, 7) is 6.92. The lowest BCUT2D eigenvalue weighted by atomic mass is 9.85. The van der Waals surface area contributed by atoms with E-state index >= 15 is 0 Å². The Morgan fingerprint density at radius 1 is 1.24 bits per heavy atom. The zero-order valence-electron chi connectivity index (χ0n) is 17.3. The Bertz CT molecular complexity index is 705. The molecule has 1 aromatic heterocycles. The van der Waals surface area contributed by atoms with Crippen LogP contribution in [0, 0.1) is 11.8 Å². The van der Waals surface area contributed by atoms with E-state index in [1.807, 2.05) is 20.8 Å². The van der Waals surface area contributed by atoms with Crippen molar-refractivity contribution in [1.82, 2.24) is 10.1 Å². The number of carbonyl (C=O) groups excluding carboxylic acids is 1. The van der Waals surface area contributed by atoms with Gasteiger partial charge in [-0.25, -0.2) is 8.78 Å². The first-order valence-electron chi connectivity index (χ1n) is 10.0. The lowest BCUT2D eigenvalue weighted by molar-refractivity contribution is -0.148. The van der Waals surface area contributed by atoms with E-state index in [1.54, 1.807) is 11.0 Å². The molecular formula is C20H31F2N3O4. The Kier molecular flexibility index (Phi) is 7.24. The maximum Gasteiger partial charge on any atom is 0.308 e. The van der Waals surface area contributed by atoms with Crippen LogP contribution in [-0.2, 0) is 15.0 Å². The Labute approximate surface area is 169 Å². The van der Waals surface area contributed by atoms with Crippen LogP contribution in [0.3, 0.4) is 0 Å². The summed E-state index contributed by atoms with van der Waals surface area (Å²) in [7, 11) is 0. The molecule has 0 unspecified atom stereocenters. The summed E-state index contributed by atoms with van der Waals surface area (Å²) >= 11 is 0. The number of piperidine rings is 1. The Morgan fingerprint density at radius 2 is 1.86 bits per heavy atom. The number of halogens is 2. The molecule has 9 heteroatoms. The number of nitrogen functional groups attached to an aromatic ring is 1. The first-order valence-corrected chi connectivity index (χ1v) is 10.0. The van der Waals surface area contributed by atoms with Gasteiger partial charge in [0.05, 0.1) is 5.92 Å². The molecule has 1 aromatic rings. The predicted molar refractivity (Wildman–Crippen MR) is 103 cm³/mol. The number of anilines is 1. The van der Waals surface area contributed by atoms with Crippen molar-refractivity contribution >= 4 is 17.7 Å². The van der Waals surface area contributed by atoms with Gasteiger partial charge in [-0.05, 0) is 25.7 Å². The summed E-state index contributed by atoms with van der Waals surface area (Å²) in [6.07, 6.45) is 1.20. The van der Waals surface area contributed by atoms with Gasteiger partial charge in [0.1, 0.15) is 5.76 Å². The molecule has 1 atom stereocenters. The molecule has 29 heavy (non-hydrogen) atoms. The molecular weight excluding hydrogens is 384 g/mol. The number of aliphatic carboxylic acids is 1. The molecule has 1 saturated heterocycles. The molecule has 1 saturated carbocycles. The van der Waals surface area contributed by atoms with Crippen molar-refractivity contribution < 1.29 is 28.0 Å². The number of carbonyl (C=O) groups is 2. The van der Waals surface area contributed by atoms with Gasteiger partial charge in [0.25, 0.3) is 0 Å². The van der Waals surface area contributed by atoms with E-state index in [2.05, 4.69) is 5.16 Å². The van der Waals surface area contributed by atoms with Gasteiger partial charge in [0.2, 0.25) is 11.8 Å². The molecule has 3 rings (SSSR count). The van der Waals surface area contributed by atoms with Crippen molar-refractivity contribution in [2.45, 2.75) is 70.6 Å². The highest BCUT2D eigenvalue weighted by molar-refractivity contribution is 5.80. The third-order valence-electron chi connectivity index (χ3n) is 5.42. The number of aromatic nitrogens is 1. The number of likely N-dealkylation sites (tertiary alicyclic amines) is 1. The fourth-order valence-corrected chi connectivity index (χ4v) is 3.57. The summed E-state index contributed by atoms with van der Waals surface area (Å²) < 4.78 is 31.1. The average Bonchev–Trinajstić information content (AvgIpc) is 3.09. The predicted octanol–water partition coefficient (Wildman–Crippen LogP) is 3.69. The van der Waals surface area contributed by atoms with E-state index in [0.717, 1.165) is 5.76 Å². The van der Waals surface area contributed by atoms with Gasteiger partial charge in [-0.15, -0.1) is 0 Å². The van der Waals surface area contributed by atoms with Gasteiger partial charge >= 0.3 is 5.97 Å². The van der Waals surface area contributed by atoms with Crippen LogP contribution >= 0.6 is 0 Å². The van der Waals surface area contributed by atoms with Crippen LogP contribution < -0.4 is 5.73 Å². The summed E-state index contributed by atoms with van der Waals surface area (Å²) in [5.41, 5.74) is 5.38. The molecule has 1 amide bonds. The highest BCUT2D eigenvalue weighted by atomic mass is 19.3. The quantitative estimate of drug-likeness (QED) is 0.762. The number of rotatable bonds is 2. The molecule has 0 spiro atoms. The molecule has 2 heterocycles. The van der Waals surface area contributed by atoms with E-state index < -0.39 is 17.8 Å². The second kappa shape index (κ2) is 9.09. The molecule has 0 aromatic carbocycles.